The van der Waals surface area contributed by atoms with Crippen LogP contribution < -0.4 is 14.9 Å². The zero-order valence-corrected chi connectivity index (χ0v) is 20.0. The van der Waals surface area contributed by atoms with E-state index in [0.29, 0.717) is 10.7 Å². The molecule has 1 heterocycles. The number of ether oxygens (including phenoxy) is 2. The number of carbonyl (C=O) groups excluding carboxylic acids is 1. The quantitative estimate of drug-likeness (QED) is 0.0823. The maximum Gasteiger partial charge on any atom is 0.250 e. The van der Waals surface area contributed by atoms with Gasteiger partial charge in [-0.05, 0) is 46.3 Å². The number of rotatable bonds is 9. The number of carbonyl (C=O) groups is 1. The molecule has 0 unspecified atom stereocenters. The monoisotopic (exact) mass is 550 g/mol. The smallest absolute Gasteiger partial charge is 0.250 e. The Balaban J connectivity index is 1.39. The Morgan fingerprint density at radius 2 is 1.68 bits per heavy atom. The van der Waals surface area contributed by atoms with E-state index in [9.17, 15) is 26.7 Å². The molecule has 0 aliphatic rings. The van der Waals surface area contributed by atoms with Gasteiger partial charge in [0.2, 0.25) is 40.0 Å². The number of tetrazole rings is 1. The van der Waals surface area contributed by atoms with E-state index in [1.165, 1.54) is 36.2 Å². The molecule has 0 atom stereocenters. The van der Waals surface area contributed by atoms with E-state index >= 15 is 0 Å². The Morgan fingerprint density at radius 3 is 2.37 bits per heavy atom. The van der Waals surface area contributed by atoms with E-state index in [1.54, 1.807) is 12.1 Å². The van der Waals surface area contributed by atoms with E-state index < -0.39 is 40.7 Å². The Kier molecular flexibility index (Phi) is 8.15. The van der Waals surface area contributed by atoms with Gasteiger partial charge < -0.3 is 9.47 Å². The van der Waals surface area contributed by atoms with Crippen LogP contribution in [0, 0.1) is 29.1 Å². The van der Waals surface area contributed by atoms with Gasteiger partial charge in [-0.3, -0.25) is 4.79 Å². The second-order valence-electron chi connectivity index (χ2n) is 7.20. The summed E-state index contributed by atoms with van der Waals surface area (Å²) in [5.74, 6) is -13.3. The van der Waals surface area contributed by atoms with Crippen LogP contribution in [0.25, 0.3) is 5.69 Å². The molecular formula is C23H15F5N6O3S. The van der Waals surface area contributed by atoms with Crippen LogP contribution in [0.4, 0.5) is 22.0 Å². The highest BCUT2D eigenvalue weighted by Gasteiger charge is 2.28. The molecule has 0 spiro atoms. The van der Waals surface area contributed by atoms with E-state index in [-0.39, 0.29) is 17.3 Å². The molecule has 0 aliphatic carbocycles. The summed E-state index contributed by atoms with van der Waals surface area (Å²) in [6, 6.07) is 12.9. The summed E-state index contributed by atoms with van der Waals surface area (Å²) in [7, 11) is 1.20. The minimum atomic E-state index is -2.30. The number of thioether (sulfide) groups is 1. The first-order chi connectivity index (χ1) is 18.3. The van der Waals surface area contributed by atoms with Crippen molar-refractivity contribution in [2.45, 2.75) is 5.16 Å². The van der Waals surface area contributed by atoms with Crippen molar-refractivity contribution in [3.63, 3.8) is 0 Å². The van der Waals surface area contributed by atoms with Gasteiger partial charge >= 0.3 is 0 Å². The van der Waals surface area contributed by atoms with Crippen molar-refractivity contribution in [1.29, 1.82) is 0 Å². The summed E-state index contributed by atoms with van der Waals surface area (Å²) in [5.41, 5.74) is 3.40. The summed E-state index contributed by atoms with van der Waals surface area (Å²) in [5, 5.41) is 15.6. The fourth-order valence-corrected chi connectivity index (χ4v) is 3.66. The Bertz CT molecular complexity index is 1470. The van der Waals surface area contributed by atoms with Crippen molar-refractivity contribution >= 4 is 23.9 Å². The number of hydrazone groups is 1. The number of methoxy groups -OCH3 is 1. The highest BCUT2D eigenvalue weighted by atomic mass is 32.2. The molecule has 1 aromatic heterocycles. The first-order valence-electron chi connectivity index (χ1n) is 10.5. The lowest BCUT2D eigenvalue weighted by Gasteiger charge is -2.13. The number of amides is 1. The molecule has 15 heteroatoms. The van der Waals surface area contributed by atoms with Gasteiger partial charge in [-0.25, -0.2) is 18.6 Å². The molecule has 0 fully saturated rings. The van der Waals surface area contributed by atoms with Gasteiger partial charge in [0, 0.05) is 0 Å². The third kappa shape index (κ3) is 5.72. The van der Waals surface area contributed by atoms with Crippen LogP contribution in [0.1, 0.15) is 5.56 Å². The average molecular weight is 550 g/mol. The van der Waals surface area contributed by atoms with E-state index in [4.69, 9.17) is 9.47 Å². The van der Waals surface area contributed by atoms with E-state index in [0.717, 1.165) is 17.4 Å². The second kappa shape index (κ2) is 11.7. The van der Waals surface area contributed by atoms with Crippen LogP contribution in [0.15, 0.2) is 58.8 Å². The van der Waals surface area contributed by atoms with Crippen molar-refractivity contribution in [3.05, 3.63) is 83.2 Å². The van der Waals surface area contributed by atoms with E-state index in [1.807, 2.05) is 18.2 Å². The fourth-order valence-electron chi connectivity index (χ4n) is 2.97. The minimum Gasteiger partial charge on any atom is -0.493 e. The fraction of sp³-hybridized carbons (Fsp3) is 0.0870. The highest BCUT2D eigenvalue weighted by Crippen LogP contribution is 2.37. The average Bonchev–Trinajstić information content (AvgIpc) is 3.41. The second-order valence-corrected chi connectivity index (χ2v) is 8.14. The molecule has 0 radical (unpaired) electrons. The van der Waals surface area contributed by atoms with Crippen molar-refractivity contribution in [2.24, 2.45) is 5.10 Å². The predicted octanol–water partition coefficient (Wildman–Crippen LogP) is 4.40. The molecule has 196 valence electrons. The molecule has 38 heavy (non-hydrogen) atoms. The predicted molar refractivity (Wildman–Crippen MR) is 125 cm³/mol. The first-order valence-corrected chi connectivity index (χ1v) is 11.4. The van der Waals surface area contributed by atoms with Crippen molar-refractivity contribution in [3.8, 4) is 22.9 Å². The van der Waals surface area contributed by atoms with Crippen LogP contribution in [0.3, 0.4) is 0 Å². The van der Waals surface area contributed by atoms with Crippen LogP contribution in [-0.2, 0) is 4.79 Å². The maximum absolute atomic E-state index is 13.9. The van der Waals surface area contributed by atoms with Gasteiger partial charge in [-0.2, -0.15) is 18.6 Å². The lowest BCUT2D eigenvalue weighted by atomic mass is 10.2. The highest BCUT2D eigenvalue weighted by molar-refractivity contribution is 7.99. The number of hydrogen-bond donors (Lipinski definition) is 1. The standard InChI is InChI=1S/C23H15F5N6O3S/c1-36-15-9-12(7-8-14(15)37-22-20(27)18(25)17(24)19(26)21(22)28)10-29-30-16(35)11-38-23-31-32-33-34(23)13-5-3-2-4-6-13/h2-10H,11H2,1H3,(H,30,35)/b29-10-. The molecule has 0 aliphatic heterocycles. The third-order valence-corrected chi connectivity index (χ3v) is 5.67. The number of halogens is 5. The number of nitrogens with one attached hydrogen (secondary N) is 1. The van der Waals surface area contributed by atoms with Crippen LogP contribution >= 0.6 is 11.8 Å². The topological polar surface area (TPSA) is 104 Å². The molecule has 1 N–H and O–H groups in total. The molecule has 3 aromatic carbocycles. The number of para-hydroxylation sites is 1. The Morgan fingerprint density at radius 1 is 1.00 bits per heavy atom. The summed E-state index contributed by atoms with van der Waals surface area (Å²) >= 11 is 1.08. The summed E-state index contributed by atoms with van der Waals surface area (Å²) in [6.45, 7) is 0. The molecule has 9 nitrogen and oxygen atoms in total. The zero-order valence-electron chi connectivity index (χ0n) is 19.2. The van der Waals surface area contributed by atoms with Gasteiger partial charge in [0.1, 0.15) is 0 Å². The normalized spacial score (nSPS) is 11.1. The molecule has 0 bridgehead atoms. The molecule has 4 aromatic rings. The van der Waals surface area contributed by atoms with Crippen molar-refractivity contribution in [1.82, 2.24) is 25.6 Å². The molecule has 1 amide bonds. The van der Waals surface area contributed by atoms with Crippen LogP contribution in [-0.4, -0.2) is 45.2 Å². The lowest BCUT2D eigenvalue weighted by Crippen LogP contribution is -2.20. The maximum atomic E-state index is 13.9. The van der Waals surface area contributed by atoms with Crippen molar-refractivity contribution in [2.75, 3.05) is 12.9 Å². The minimum absolute atomic E-state index is 0.0530. The third-order valence-electron chi connectivity index (χ3n) is 4.75. The van der Waals surface area contributed by atoms with Gasteiger partial charge in [0.15, 0.2) is 11.5 Å². The first kappa shape index (κ1) is 26.5. The van der Waals surface area contributed by atoms with Crippen molar-refractivity contribution < 1.29 is 36.2 Å². The molecule has 0 saturated carbocycles. The summed E-state index contributed by atoms with van der Waals surface area (Å²) in [6.07, 6.45) is 1.24. The SMILES string of the molecule is COc1cc(/C=N\NC(=O)CSc2nnnn2-c2ccccc2)ccc1Oc1c(F)c(F)c(F)c(F)c1F. The number of hydrogen-bond acceptors (Lipinski definition) is 8. The van der Waals surface area contributed by atoms with E-state index in [2.05, 4.69) is 26.1 Å². The van der Waals surface area contributed by atoms with Gasteiger partial charge in [0.05, 0.1) is 24.8 Å². The Hall–Kier alpha value is -4.53. The van der Waals surface area contributed by atoms with Crippen LogP contribution in [0.5, 0.6) is 17.2 Å². The largest absolute Gasteiger partial charge is 0.493 e. The molecule has 4 rings (SSSR count). The van der Waals surface area contributed by atoms with Gasteiger partial charge in [-0.15, -0.1) is 5.10 Å². The van der Waals surface area contributed by atoms with Gasteiger partial charge in [-0.1, -0.05) is 30.0 Å². The molecule has 0 saturated heterocycles. The van der Waals surface area contributed by atoms with Gasteiger partial charge in [0.25, 0.3) is 5.91 Å². The summed E-state index contributed by atoms with van der Waals surface area (Å²) in [4.78, 5) is 12.2. The number of benzene rings is 3. The molecular weight excluding hydrogens is 535 g/mol. The zero-order chi connectivity index (χ0) is 27.2. The number of aromatic nitrogens is 4. The van der Waals surface area contributed by atoms with Crippen LogP contribution in [0.2, 0.25) is 0 Å². The lowest BCUT2D eigenvalue weighted by molar-refractivity contribution is -0.118. The number of nitrogens with zero attached hydrogens (tertiary/aromatic N) is 5. The summed E-state index contributed by atoms with van der Waals surface area (Å²) < 4.78 is 79.5. The Labute approximate surface area is 215 Å².